The third-order valence-corrected chi connectivity index (χ3v) is 4.85. The van der Waals surface area contributed by atoms with Crippen LogP contribution in [0.2, 0.25) is 0 Å². The van der Waals surface area contributed by atoms with Gasteiger partial charge < -0.3 is 15.2 Å². The minimum Gasteiger partial charge on any atom is -0.491 e. The first kappa shape index (κ1) is 16.8. The predicted octanol–water partition coefficient (Wildman–Crippen LogP) is 1.76. The summed E-state index contributed by atoms with van der Waals surface area (Å²) in [5, 5.41) is 12.9. The molecular formula is C18H24N2O4. The summed E-state index contributed by atoms with van der Waals surface area (Å²) in [6.45, 7) is 5.68. The van der Waals surface area contributed by atoms with Gasteiger partial charge in [0.1, 0.15) is 24.0 Å². The smallest absolute Gasteiger partial charge is 0.325 e. The number of nitrogens with zero attached hydrogens (tertiary/aromatic N) is 1. The van der Waals surface area contributed by atoms with E-state index in [0.29, 0.717) is 5.75 Å². The lowest BCUT2D eigenvalue weighted by Gasteiger charge is -2.22. The summed E-state index contributed by atoms with van der Waals surface area (Å²) in [7, 11) is 0. The molecule has 1 aliphatic heterocycles. The second kappa shape index (κ2) is 6.09. The lowest BCUT2D eigenvalue weighted by Crippen LogP contribution is -2.46. The van der Waals surface area contributed by atoms with Gasteiger partial charge in [0.05, 0.1) is 6.54 Å². The quantitative estimate of drug-likeness (QED) is 0.778. The summed E-state index contributed by atoms with van der Waals surface area (Å²) in [5.41, 5.74) is 1.31. The topological polar surface area (TPSA) is 78.9 Å². The zero-order valence-electron chi connectivity index (χ0n) is 14.3. The molecule has 1 saturated heterocycles. The molecule has 2 fully saturated rings. The fraction of sp³-hybridized carbons (Fsp3) is 0.556. The molecule has 0 bridgehead atoms. The van der Waals surface area contributed by atoms with Crippen molar-refractivity contribution in [3.05, 3.63) is 29.3 Å². The van der Waals surface area contributed by atoms with Crippen molar-refractivity contribution in [2.24, 2.45) is 5.92 Å². The molecule has 3 amide bonds. The Morgan fingerprint density at radius 2 is 2.08 bits per heavy atom. The van der Waals surface area contributed by atoms with Crippen molar-refractivity contribution in [2.45, 2.75) is 45.3 Å². The van der Waals surface area contributed by atoms with E-state index >= 15 is 0 Å². The summed E-state index contributed by atoms with van der Waals surface area (Å²) in [4.78, 5) is 25.7. The average molecular weight is 332 g/mol. The molecule has 2 atom stereocenters. The minimum atomic E-state index is -0.929. The number of carbonyl (C=O) groups is 2. The first-order chi connectivity index (χ1) is 11.3. The van der Waals surface area contributed by atoms with Gasteiger partial charge in [0.2, 0.25) is 0 Å². The number of carbonyl (C=O) groups excluding carboxylic acids is 2. The van der Waals surface area contributed by atoms with Crippen molar-refractivity contribution in [1.29, 1.82) is 0 Å². The number of aryl methyl sites for hydroxylation is 2. The van der Waals surface area contributed by atoms with E-state index in [-0.39, 0.29) is 25.0 Å². The molecule has 2 N–H and O–H groups in total. The number of ether oxygens (including phenoxy) is 1. The summed E-state index contributed by atoms with van der Waals surface area (Å²) >= 11 is 0. The Labute approximate surface area is 141 Å². The van der Waals surface area contributed by atoms with Crippen molar-refractivity contribution >= 4 is 11.9 Å². The molecule has 1 heterocycles. The standard InChI is InChI=1S/C18H24N2O4/c1-11-4-7-15(12(2)8-11)24-10-14(21)9-20-16(22)18(3,13-5-6-13)19-17(20)23/h4,7-8,13-14,21H,5-6,9-10H2,1-3H3,(H,19,23)/t14-,18+/m1/s1. The molecule has 6 nitrogen and oxygen atoms in total. The van der Waals surface area contributed by atoms with Crippen molar-refractivity contribution in [3.8, 4) is 5.75 Å². The number of β-amino-alcohol motifs (C(OH)–C–C–N with tert-alkyl or cyclic N) is 1. The Balaban J connectivity index is 1.57. The number of hydrogen-bond donors (Lipinski definition) is 2. The van der Waals surface area contributed by atoms with Gasteiger partial charge >= 0.3 is 6.03 Å². The molecule has 24 heavy (non-hydrogen) atoms. The van der Waals surface area contributed by atoms with E-state index in [4.69, 9.17) is 4.74 Å². The number of amides is 3. The van der Waals surface area contributed by atoms with Crippen molar-refractivity contribution in [3.63, 3.8) is 0 Å². The molecule has 1 saturated carbocycles. The van der Waals surface area contributed by atoms with E-state index in [1.807, 2.05) is 32.0 Å². The van der Waals surface area contributed by atoms with E-state index in [0.717, 1.165) is 28.9 Å². The van der Waals surface area contributed by atoms with E-state index in [1.54, 1.807) is 6.92 Å². The highest BCUT2D eigenvalue weighted by Gasteiger charge is 2.56. The maximum absolute atomic E-state index is 12.5. The maximum Gasteiger partial charge on any atom is 0.325 e. The van der Waals surface area contributed by atoms with E-state index in [9.17, 15) is 14.7 Å². The van der Waals surface area contributed by atoms with Crippen molar-refractivity contribution < 1.29 is 19.4 Å². The third kappa shape index (κ3) is 3.11. The number of nitrogens with one attached hydrogen (secondary N) is 1. The fourth-order valence-corrected chi connectivity index (χ4v) is 3.23. The van der Waals surface area contributed by atoms with Crippen LogP contribution in [-0.2, 0) is 4.79 Å². The normalized spacial score (nSPS) is 24.9. The second-order valence-electron chi connectivity index (χ2n) is 7.06. The van der Waals surface area contributed by atoms with Gasteiger partial charge in [0.15, 0.2) is 0 Å². The lowest BCUT2D eigenvalue weighted by atomic mass is 9.96. The zero-order chi connectivity index (χ0) is 17.5. The molecule has 0 unspecified atom stereocenters. The maximum atomic E-state index is 12.5. The molecule has 0 spiro atoms. The molecule has 1 aromatic rings. The second-order valence-corrected chi connectivity index (χ2v) is 7.06. The number of urea groups is 1. The van der Waals surface area contributed by atoms with Gasteiger partial charge in [-0.15, -0.1) is 0 Å². The fourth-order valence-electron chi connectivity index (χ4n) is 3.23. The predicted molar refractivity (Wildman–Crippen MR) is 88.8 cm³/mol. The molecular weight excluding hydrogens is 308 g/mol. The first-order valence-corrected chi connectivity index (χ1v) is 8.33. The molecule has 130 valence electrons. The Hall–Kier alpha value is -2.08. The first-order valence-electron chi connectivity index (χ1n) is 8.33. The summed E-state index contributed by atoms with van der Waals surface area (Å²) < 4.78 is 5.63. The van der Waals surface area contributed by atoms with Gasteiger partial charge in [-0.1, -0.05) is 17.7 Å². The highest BCUT2D eigenvalue weighted by molar-refractivity contribution is 6.07. The van der Waals surface area contributed by atoms with Gasteiger partial charge in [-0.25, -0.2) is 4.79 Å². The van der Waals surface area contributed by atoms with Crippen LogP contribution in [0, 0.1) is 19.8 Å². The van der Waals surface area contributed by atoms with Gasteiger partial charge in [0, 0.05) is 0 Å². The largest absolute Gasteiger partial charge is 0.491 e. The van der Waals surface area contributed by atoms with Crippen molar-refractivity contribution in [2.75, 3.05) is 13.2 Å². The van der Waals surface area contributed by atoms with E-state index in [1.165, 1.54) is 0 Å². The number of aliphatic hydroxyl groups is 1. The van der Waals surface area contributed by atoms with Gasteiger partial charge in [0.25, 0.3) is 5.91 Å². The van der Waals surface area contributed by atoms with Crippen LogP contribution in [-0.4, -0.2) is 46.7 Å². The Kier molecular flexibility index (Phi) is 4.25. The molecule has 0 aromatic heterocycles. The molecule has 2 aliphatic rings. The van der Waals surface area contributed by atoms with Gasteiger partial charge in [-0.05, 0) is 51.2 Å². The Morgan fingerprint density at radius 1 is 1.38 bits per heavy atom. The minimum absolute atomic E-state index is 0.0289. The molecule has 1 aromatic carbocycles. The van der Waals surface area contributed by atoms with Gasteiger partial charge in [-0.2, -0.15) is 0 Å². The summed E-state index contributed by atoms with van der Waals surface area (Å²) in [6.07, 6.45) is 0.977. The summed E-state index contributed by atoms with van der Waals surface area (Å²) in [5.74, 6) is 0.655. The van der Waals surface area contributed by atoms with Crippen LogP contribution in [0.25, 0.3) is 0 Å². The molecule has 3 rings (SSSR count). The average Bonchev–Trinajstić information content (AvgIpc) is 3.33. The monoisotopic (exact) mass is 332 g/mol. The number of imide groups is 1. The SMILES string of the molecule is Cc1ccc(OC[C@H](O)CN2C(=O)N[C@@](C)(C3CC3)C2=O)c(C)c1. The number of rotatable bonds is 6. The van der Waals surface area contributed by atoms with E-state index in [2.05, 4.69) is 5.32 Å². The van der Waals surface area contributed by atoms with Crippen LogP contribution in [0.15, 0.2) is 18.2 Å². The summed E-state index contributed by atoms with van der Waals surface area (Å²) in [6, 6.07) is 5.36. The Bertz CT molecular complexity index is 671. The highest BCUT2D eigenvalue weighted by Crippen LogP contribution is 2.42. The molecule has 1 aliphatic carbocycles. The van der Waals surface area contributed by atoms with Crippen LogP contribution >= 0.6 is 0 Å². The van der Waals surface area contributed by atoms with Crippen LogP contribution in [0.4, 0.5) is 4.79 Å². The highest BCUT2D eigenvalue weighted by atomic mass is 16.5. The van der Waals surface area contributed by atoms with Crippen LogP contribution < -0.4 is 10.1 Å². The zero-order valence-corrected chi connectivity index (χ0v) is 14.3. The van der Waals surface area contributed by atoms with Crippen molar-refractivity contribution in [1.82, 2.24) is 10.2 Å². The third-order valence-electron chi connectivity index (χ3n) is 4.85. The number of hydrogen-bond acceptors (Lipinski definition) is 4. The van der Waals surface area contributed by atoms with Crippen LogP contribution in [0.1, 0.15) is 30.9 Å². The molecule has 6 heteroatoms. The number of aliphatic hydroxyl groups excluding tert-OH is 1. The lowest BCUT2D eigenvalue weighted by molar-refractivity contribution is -0.132. The van der Waals surface area contributed by atoms with Gasteiger partial charge in [-0.3, -0.25) is 9.69 Å². The van der Waals surface area contributed by atoms with Crippen LogP contribution in [0.5, 0.6) is 5.75 Å². The number of benzene rings is 1. The van der Waals surface area contributed by atoms with Crippen LogP contribution in [0.3, 0.4) is 0 Å². The molecule has 0 radical (unpaired) electrons. The van der Waals surface area contributed by atoms with E-state index < -0.39 is 17.7 Å². The Morgan fingerprint density at radius 3 is 2.71 bits per heavy atom.